The average molecular weight is 1460 g/mol. The van der Waals surface area contributed by atoms with E-state index in [0.29, 0.717) is 49.5 Å². The molecule has 3 N–H and O–H groups in total. The molecule has 3 heterocycles. The first kappa shape index (κ1) is 80.6. The van der Waals surface area contributed by atoms with Crippen LogP contribution in [0.3, 0.4) is 0 Å². The summed E-state index contributed by atoms with van der Waals surface area (Å²) in [5, 5.41) is 7.28. The monoisotopic (exact) mass is 1450 g/mol. The summed E-state index contributed by atoms with van der Waals surface area (Å²) in [6.45, 7) is 9.10. The van der Waals surface area contributed by atoms with Crippen LogP contribution in [0.1, 0.15) is 154 Å². The second-order valence-electron chi connectivity index (χ2n) is 28.6. The number of hydrogen-bond acceptors (Lipinski definition) is 11. The Bertz CT molecular complexity index is 3410. The molecule has 11 amide bonds. The zero-order valence-electron chi connectivity index (χ0n) is 59.4. The van der Waals surface area contributed by atoms with Gasteiger partial charge in [-0.25, -0.2) is 8.78 Å². The smallest absolute Gasteiger partial charge is 0.343 e. The quantitative estimate of drug-likeness (QED) is 0.191. The molecule has 2 aromatic carbocycles. The number of fused-ring (bicyclic) bond motifs is 2. The molecule has 0 unspecified atom stereocenters. The van der Waals surface area contributed by atoms with E-state index in [1.54, 1.807) is 20.8 Å². The van der Waals surface area contributed by atoms with Gasteiger partial charge >= 0.3 is 12.4 Å². The number of likely N-dealkylation sites (N-methyl/N-ethyl adjacent to an activating group) is 6. The van der Waals surface area contributed by atoms with Gasteiger partial charge < -0.3 is 55.1 Å². The molecule has 0 bridgehead atoms. The third-order valence-corrected chi connectivity index (χ3v) is 21.4. The molecule has 31 heteroatoms. The van der Waals surface area contributed by atoms with Gasteiger partial charge in [0.1, 0.15) is 53.9 Å². The van der Waals surface area contributed by atoms with E-state index in [1.807, 2.05) is 13.8 Å². The molecule has 5 fully saturated rings. The van der Waals surface area contributed by atoms with Crippen molar-refractivity contribution in [2.75, 3.05) is 61.4 Å². The molecular weight excluding hydrogens is 1360 g/mol. The largest absolute Gasteiger partial charge is 0.417 e. The van der Waals surface area contributed by atoms with Crippen molar-refractivity contribution in [1.82, 2.24) is 55.1 Å². The molecule has 0 aromatic heterocycles. The first-order chi connectivity index (χ1) is 47.1. The lowest BCUT2D eigenvalue weighted by Crippen LogP contribution is -2.68. The number of nitrogens with one attached hydrogen (secondary N) is 3. The van der Waals surface area contributed by atoms with Crippen LogP contribution in [0.15, 0.2) is 42.5 Å². The second kappa shape index (κ2) is 32.8. The molecule has 3 aliphatic heterocycles. The Labute approximate surface area is 589 Å². The summed E-state index contributed by atoms with van der Waals surface area (Å²) in [5.74, 6) is -14.2. The van der Waals surface area contributed by atoms with E-state index < -0.39 is 204 Å². The number of carbonyl (C=O) groups excluding carboxylic acids is 11. The molecule has 7 rings (SSSR count). The molecular formula is C70H96ClF8N11O11. The number of amides is 11. The van der Waals surface area contributed by atoms with Gasteiger partial charge in [0.05, 0.1) is 29.2 Å². The van der Waals surface area contributed by atoms with E-state index in [-0.39, 0.29) is 68.7 Å². The number of rotatable bonds is 11. The minimum absolute atomic E-state index is 0.00696. The van der Waals surface area contributed by atoms with Crippen molar-refractivity contribution in [1.29, 1.82) is 0 Å². The number of nitrogens with zero attached hydrogens (tertiary/aromatic N) is 8. The maximum absolute atomic E-state index is 16.0. The summed E-state index contributed by atoms with van der Waals surface area (Å²) < 4.78 is 115. The molecule has 10 atom stereocenters. The third kappa shape index (κ3) is 18.6. The van der Waals surface area contributed by atoms with Gasteiger partial charge in [0.25, 0.3) is 5.92 Å². The van der Waals surface area contributed by atoms with Crippen LogP contribution in [0, 0.1) is 17.8 Å². The van der Waals surface area contributed by atoms with Gasteiger partial charge in [0.2, 0.25) is 65.0 Å². The van der Waals surface area contributed by atoms with Crippen molar-refractivity contribution in [2.24, 2.45) is 17.8 Å². The summed E-state index contributed by atoms with van der Waals surface area (Å²) in [6, 6.07) is -6.12. The molecule has 0 radical (unpaired) electrons. The summed E-state index contributed by atoms with van der Waals surface area (Å²) in [5.41, 5.74) is -3.81. The van der Waals surface area contributed by atoms with Crippen molar-refractivity contribution in [3.63, 3.8) is 0 Å². The van der Waals surface area contributed by atoms with E-state index in [0.717, 1.165) is 58.1 Å². The predicted octanol–water partition coefficient (Wildman–Crippen LogP) is 7.11. The SMILES string of the molecule is CC[C@H](C)[C@@H]1NC(=O)[C@H](CC(C)C)N(C)C(=O)C[C@@H](C)N(C)C(=O)[C@H](C2CCCC2)N(C)C(=O)C2(CCC2)NC(=O)[C@@H]2CC(F)(F)CN2C(=O)[C@H](CCc2ccc(C(F)(F)F)c(Cl)c2)NC(=O)CN(C)C(=O)[C@H](Cc2ccc(C(F)(F)F)cc2)N(CC)C(=O)[C@@H]2CCN2C(=O)[C@H](C)N(C)C1=O. The number of aryl methyl sites for hydroxylation is 1. The van der Waals surface area contributed by atoms with E-state index in [1.165, 1.54) is 61.6 Å². The predicted molar refractivity (Wildman–Crippen MR) is 356 cm³/mol. The Balaban J connectivity index is 1.30. The van der Waals surface area contributed by atoms with Crippen molar-refractivity contribution in [3.05, 3.63) is 69.7 Å². The summed E-state index contributed by atoms with van der Waals surface area (Å²) >= 11 is 6.07. The van der Waals surface area contributed by atoms with E-state index in [4.69, 9.17) is 11.6 Å². The van der Waals surface area contributed by atoms with Gasteiger partial charge in [-0.1, -0.05) is 76.8 Å². The maximum Gasteiger partial charge on any atom is 0.417 e. The van der Waals surface area contributed by atoms with Crippen LogP contribution in [0.25, 0.3) is 0 Å². The maximum atomic E-state index is 16.0. The minimum atomic E-state index is -4.87. The average Bonchev–Trinajstić information content (AvgIpc) is 1.72. The Morgan fingerprint density at radius 1 is 0.653 bits per heavy atom. The summed E-state index contributed by atoms with van der Waals surface area (Å²) in [7, 11) is 6.78. The van der Waals surface area contributed by atoms with E-state index in [9.17, 15) is 59.9 Å². The Morgan fingerprint density at radius 3 is 1.81 bits per heavy atom. The molecule has 2 saturated carbocycles. The zero-order valence-corrected chi connectivity index (χ0v) is 60.1. The van der Waals surface area contributed by atoms with Crippen LogP contribution in [-0.4, -0.2) is 231 Å². The van der Waals surface area contributed by atoms with Gasteiger partial charge in [0.15, 0.2) is 0 Å². The van der Waals surface area contributed by atoms with E-state index >= 15 is 28.0 Å². The molecule has 22 nitrogen and oxygen atoms in total. The van der Waals surface area contributed by atoms with Gasteiger partial charge in [-0.2, -0.15) is 26.3 Å². The van der Waals surface area contributed by atoms with Gasteiger partial charge in [-0.3, -0.25) is 52.7 Å². The van der Waals surface area contributed by atoms with Crippen LogP contribution in [-0.2, 0) is 77.9 Å². The van der Waals surface area contributed by atoms with Crippen molar-refractivity contribution in [3.8, 4) is 0 Å². The summed E-state index contributed by atoms with van der Waals surface area (Å²) in [4.78, 5) is 172. The zero-order chi connectivity index (χ0) is 75.3. The Hall–Kier alpha value is -7.66. The van der Waals surface area contributed by atoms with Gasteiger partial charge in [-0.05, 0) is 132 Å². The van der Waals surface area contributed by atoms with Gasteiger partial charge in [-0.15, -0.1) is 0 Å². The minimum Gasteiger partial charge on any atom is -0.343 e. The highest BCUT2D eigenvalue weighted by molar-refractivity contribution is 6.31. The first-order valence-electron chi connectivity index (χ1n) is 34.6. The van der Waals surface area contributed by atoms with Crippen LogP contribution in [0.2, 0.25) is 5.02 Å². The highest BCUT2D eigenvalue weighted by atomic mass is 35.5. The third-order valence-electron chi connectivity index (χ3n) is 21.1. The van der Waals surface area contributed by atoms with Gasteiger partial charge in [0, 0.05) is 73.6 Å². The van der Waals surface area contributed by atoms with Crippen molar-refractivity contribution < 1.29 is 87.9 Å². The fraction of sp³-hybridized carbons (Fsp3) is 0.671. The summed E-state index contributed by atoms with van der Waals surface area (Å²) in [6.07, 6.45) is -9.27. The van der Waals surface area contributed by atoms with Crippen LogP contribution in [0.5, 0.6) is 0 Å². The topological polar surface area (TPSA) is 250 Å². The molecule has 3 saturated heterocycles. The highest BCUT2D eigenvalue weighted by Gasteiger charge is 2.56. The molecule has 5 aliphatic rings. The van der Waals surface area contributed by atoms with Crippen LogP contribution in [0.4, 0.5) is 35.1 Å². The molecule has 101 heavy (non-hydrogen) atoms. The van der Waals surface area contributed by atoms with E-state index in [2.05, 4.69) is 16.0 Å². The van der Waals surface area contributed by atoms with Crippen LogP contribution >= 0.6 is 11.6 Å². The number of halogens is 9. The Morgan fingerprint density at radius 2 is 1.28 bits per heavy atom. The second-order valence-corrected chi connectivity index (χ2v) is 29.0. The molecule has 560 valence electrons. The number of alkyl halides is 8. The Kier molecular flexibility index (Phi) is 26.2. The lowest BCUT2D eigenvalue weighted by atomic mass is 9.74. The van der Waals surface area contributed by atoms with Crippen molar-refractivity contribution in [2.45, 2.75) is 223 Å². The molecule has 1 spiro atoms. The van der Waals surface area contributed by atoms with Crippen LogP contribution < -0.4 is 16.0 Å². The fourth-order valence-electron chi connectivity index (χ4n) is 14.2. The fourth-order valence-corrected chi connectivity index (χ4v) is 14.5. The number of hydrogen-bond donors (Lipinski definition) is 3. The normalized spacial score (nSPS) is 27.1. The molecule has 2 aliphatic carbocycles. The lowest BCUT2D eigenvalue weighted by molar-refractivity contribution is -0.160. The standard InChI is InChI=1S/C70H96ClF8N11O11/c1-13-40(5)56-64(99)85(10)42(7)60(95)89-31-28-50(89)63(98)88(14-2)52(35-44-20-24-46(25-21-44)69(74,75)76)62(97)83(8)37-54(91)80-49(27-23-43-22-26-47(48(71)34-43)70(77,78)79)61(96)90-38-68(72,73)36-53(90)59(94)82-67(29-17-30-67)66(101)87(12)57(45-18-15-16-19-45)65(100)84(9)41(6)33-55(92)86(11)51(32-39(3)4)58(93)81-56/h20-22,24-26,34,39-42,45,49-53,56-57H,13-19,23,27-33,35-38H2,1-12H3,(H,80,91)(H,81,93)(H,82,94)/t40-,41+,42-,49-,50-,51-,52-,53-,56-,57-/m0/s1. The number of benzene rings is 2. The van der Waals surface area contributed by atoms with Crippen molar-refractivity contribution >= 4 is 76.6 Å². The number of carbonyl (C=O) groups is 11. The highest BCUT2D eigenvalue weighted by Crippen LogP contribution is 2.41. The lowest BCUT2D eigenvalue weighted by Gasteiger charge is -2.46. The first-order valence-corrected chi connectivity index (χ1v) is 35.0. The molecule has 2 aromatic rings.